The van der Waals surface area contributed by atoms with E-state index < -0.39 is 0 Å². The van der Waals surface area contributed by atoms with Crippen LogP contribution in [0.2, 0.25) is 0 Å². The van der Waals surface area contributed by atoms with Crippen molar-refractivity contribution in [3.8, 4) is 11.1 Å². The van der Waals surface area contributed by atoms with Gasteiger partial charge in [0.25, 0.3) is 0 Å². The zero-order chi connectivity index (χ0) is 30.0. The highest BCUT2D eigenvalue weighted by Crippen LogP contribution is 2.70. The minimum atomic E-state index is 0.151. The molecule has 1 heterocycles. The molecule has 4 saturated carbocycles. The van der Waals surface area contributed by atoms with Gasteiger partial charge in [0.15, 0.2) is 0 Å². The molecule has 0 aliphatic heterocycles. The number of anilines is 3. The van der Waals surface area contributed by atoms with Gasteiger partial charge in [0, 0.05) is 42.5 Å². The molecule has 0 amide bonds. The summed E-state index contributed by atoms with van der Waals surface area (Å²) in [6.45, 7) is 0. The van der Waals surface area contributed by atoms with Gasteiger partial charge in [-0.3, -0.25) is 0 Å². The van der Waals surface area contributed by atoms with Crippen molar-refractivity contribution >= 4 is 59.3 Å². The van der Waals surface area contributed by atoms with E-state index >= 15 is 0 Å². The first kappa shape index (κ1) is 25.8. The Labute approximate surface area is 274 Å². The second kappa shape index (κ2) is 9.33. The molecule has 0 atom stereocenters. The predicted molar refractivity (Wildman–Crippen MR) is 195 cm³/mol. The van der Waals surface area contributed by atoms with Crippen LogP contribution < -0.4 is 4.90 Å². The summed E-state index contributed by atoms with van der Waals surface area (Å²) in [5.41, 5.74) is 10.1. The van der Waals surface area contributed by atoms with Crippen LogP contribution in [-0.2, 0) is 5.41 Å². The first-order valence-electron chi connectivity index (χ1n) is 17.2. The molecule has 4 fully saturated rings. The maximum absolute atomic E-state index is 2.57. The van der Waals surface area contributed by atoms with E-state index in [1.54, 1.807) is 11.1 Å². The van der Waals surface area contributed by atoms with E-state index in [2.05, 4.69) is 132 Å². The van der Waals surface area contributed by atoms with Crippen molar-refractivity contribution in [1.82, 2.24) is 0 Å². The molecule has 0 radical (unpaired) electrons. The molecule has 2 heteroatoms. The summed E-state index contributed by atoms with van der Waals surface area (Å²) in [6, 6.07) is 48.6. The van der Waals surface area contributed by atoms with Gasteiger partial charge in [-0.1, -0.05) is 84.9 Å². The standard InChI is InChI=1S/C44H35NS/c1-2-9-30-25-33(17-16-29(30)8-1)45(34-18-19-42-37(26-34)35-10-4-6-15-41(35)46-42)40-14-7-13-39-43(40)36-11-3-5-12-38(36)44(39)31-21-27-20-28(23-31)24-32(44)22-27/h1-19,25-28,31-32H,20-24H2. The van der Waals surface area contributed by atoms with Crippen LogP contribution in [0, 0.1) is 23.7 Å². The van der Waals surface area contributed by atoms with Crippen LogP contribution in [-0.4, -0.2) is 0 Å². The Balaban J connectivity index is 1.19. The molecule has 1 nitrogen and oxygen atoms in total. The van der Waals surface area contributed by atoms with Gasteiger partial charge in [-0.2, -0.15) is 0 Å². The second-order valence-corrected chi connectivity index (χ2v) is 15.6. The van der Waals surface area contributed by atoms with E-state index in [1.807, 2.05) is 11.3 Å². The Kier molecular flexibility index (Phi) is 5.22. The number of hydrogen-bond donors (Lipinski definition) is 0. The topological polar surface area (TPSA) is 3.24 Å². The largest absolute Gasteiger partial charge is 0.310 e. The highest BCUT2D eigenvalue weighted by atomic mass is 32.1. The molecule has 46 heavy (non-hydrogen) atoms. The van der Waals surface area contributed by atoms with Crippen molar-refractivity contribution in [1.29, 1.82) is 0 Å². The fraction of sp³-hybridized carbons (Fsp3) is 0.227. The Morgan fingerprint density at radius 3 is 2.07 bits per heavy atom. The van der Waals surface area contributed by atoms with Crippen LogP contribution in [0.3, 0.4) is 0 Å². The van der Waals surface area contributed by atoms with Crippen LogP contribution >= 0.6 is 11.3 Å². The van der Waals surface area contributed by atoms with Gasteiger partial charge in [-0.25, -0.2) is 0 Å². The lowest BCUT2D eigenvalue weighted by atomic mass is 9.43. The van der Waals surface area contributed by atoms with Gasteiger partial charge < -0.3 is 4.90 Å². The third-order valence-corrected chi connectivity index (χ3v) is 13.6. The van der Waals surface area contributed by atoms with Crippen LogP contribution in [0.25, 0.3) is 42.1 Å². The average molecular weight is 610 g/mol. The smallest absolute Gasteiger partial charge is 0.0543 e. The highest BCUT2D eigenvalue weighted by Gasteiger charge is 2.61. The molecule has 0 unspecified atom stereocenters. The molecule has 12 rings (SSSR count). The molecule has 0 N–H and O–H groups in total. The molecule has 1 spiro atoms. The van der Waals surface area contributed by atoms with Crippen molar-refractivity contribution in [2.45, 2.75) is 37.5 Å². The van der Waals surface area contributed by atoms with Crippen LogP contribution in [0.15, 0.2) is 127 Å². The SMILES string of the molecule is c1ccc2c(c1)-c1c(N(c3ccc4ccccc4c3)c3ccc4sc5ccccc5c4c3)cccc1C21C2CC3CC(C2)CC1C3. The Bertz CT molecular complexity index is 2330. The number of rotatable bonds is 3. The van der Waals surface area contributed by atoms with Crippen LogP contribution in [0.5, 0.6) is 0 Å². The van der Waals surface area contributed by atoms with Gasteiger partial charge in [0.1, 0.15) is 0 Å². The lowest BCUT2D eigenvalue weighted by molar-refractivity contribution is -0.0399. The van der Waals surface area contributed by atoms with Crippen LogP contribution in [0.4, 0.5) is 17.1 Å². The Morgan fingerprint density at radius 1 is 0.522 bits per heavy atom. The molecule has 5 aliphatic rings. The van der Waals surface area contributed by atoms with E-state index in [0.29, 0.717) is 0 Å². The third kappa shape index (κ3) is 3.36. The van der Waals surface area contributed by atoms with Crippen molar-refractivity contribution in [3.63, 3.8) is 0 Å². The molecule has 6 aromatic carbocycles. The predicted octanol–water partition coefficient (Wildman–Crippen LogP) is 12.4. The normalized spacial score (nSPS) is 25.5. The summed E-state index contributed by atoms with van der Waals surface area (Å²) in [5.74, 6) is 3.38. The zero-order valence-electron chi connectivity index (χ0n) is 25.8. The minimum absolute atomic E-state index is 0.151. The fourth-order valence-corrected chi connectivity index (χ4v) is 12.1. The lowest BCUT2D eigenvalue weighted by Crippen LogP contribution is -2.55. The summed E-state index contributed by atoms with van der Waals surface area (Å²) >= 11 is 1.90. The van der Waals surface area contributed by atoms with Gasteiger partial charge >= 0.3 is 0 Å². The van der Waals surface area contributed by atoms with Gasteiger partial charge in [0.2, 0.25) is 0 Å². The average Bonchev–Trinajstić information content (AvgIpc) is 3.61. The number of hydrogen-bond acceptors (Lipinski definition) is 2. The first-order valence-corrected chi connectivity index (χ1v) is 18.0. The van der Waals surface area contributed by atoms with Crippen molar-refractivity contribution in [2.24, 2.45) is 23.7 Å². The van der Waals surface area contributed by atoms with E-state index in [-0.39, 0.29) is 5.41 Å². The van der Waals surface area contributed by atoms with Crippen LogP contribution in [0.1, 0.15) is 43.2 Å². The third-order valence-electron chi connectivity index (χ3n) is 12.4. The molecule has 4 bridgehead atoms. The highest BCUT2D eigenvalue weighted by molar-refractivity contribution is 7.25. The summed E-state index contributed by atoms with van der Waals surface area (Å²) in [5, 5.41) is 5.24. The van der Waals surface area contributed by atoms with Gasteiger partial charge in [-0.15, -0.1) is 11.3 Å². The molecular weight excluding hydrogens is 575 g/mol. The van der Waals surface area contributed by atoms with E-state index in [0.717, 1.165) is 23.7 Å². The minimum Gasteiger partial charge on any atom is -0.310 e. The zero-order valence-corrected chi connectivity index (χ0v) is 26.6. The maximum atomic E-state index is 2.57. The van der Waals surface area contributed by atoms with E-state index in [1.165, 1.54) is 91.2 Å². The lowest BCUT2D eigenvalue weighted by Gasteiger charge is -2.61. The number of benzene rings is 6. The Morgan fingerprint density at radius 2 is 1.20 bits per heavy atom. The number of thiophene rings is 1. The maximum Gasteiger partial charge on any atom is 0.0543 e. The molecule has 1 aromatic heterocycles. The Hall–Kier alpha value is -4.40. The fourth-order valence-electron chi connectivity index (χ4n) is 11.0. The molecule has 7 aromatic rings. The van der Waals surface area contributed by atoms with Crippen molar-refractivity contribution in [2.75, 3.05) is 4.90 Å². The van der Waals surface area contributed by atoms with E-state index in [9.17, 15) is 0 Å². The molecule has 0 saturated heterocycles. The molecule has 222 valence electrons. The molecular formula is C44H35NS. The number of fused-ring (bicyclic) bond motifs is 7. The summed E-state index contributed by atoms with van der Waals surface area (Å²) in [7, 11) is 0. The first-order chi connectivity index (χ1) is 22.8. The van der Waals surface area contributed by atoms with E-state index in [4.69, 9.17) is 0 Å². The monoisotopic (exact) mass is 609 g/mol. The summed E-state index contributed by atoms with van der Waals surface area (Å²) in [6.07, 6.45) is 7.10. The van der Waals surface area contributed by atoms with Gasteiger partial charge in [-0.05, 0) is 126 Å². The van der Waals surface area contributed by atoms with Crippen molar-refractivity contribution < 1.29 is 0 Å². The molecule has 5 aliphatic carbocycles. The van der Waals surface area contributed by atoms with Gasteiger partial charge in [0.05, 0.1) is 5.69 Å². The summed E-state index contributed by atoms with van der Waals surface area (Å²) in [4.78, 5) is 2.57. The van der Waals surface area contributed by atoms with Crippen molar-refractivity contribution in [3.05, 3.63) is 139 Å². The quantitative estimate of drug-likeness (QED) is 0.193. The summed E-state index contributed by atoms with van der Waals surface area (Å²) < 4.78 is 2.70. The number of nitrogens with zero attached hydrogens (tertiary/aromatic N) is 1. The second-order valence-electron chi connectivity index (χ2n) is 14.6.